The van der Waals surface area contributed by atoms with E-state index < -0.39 is 9.84 Å². The average molecular weight is 311 g/mol. The van der Waals surface area contributed by atoms with Crippen LogP contribution < -0.4 is 5.32 Å². The summed E-state index contributed by atoms with van der Waals surface area (Å²) in [5.74, 6) is 0.517. The number of hydrogen-bond donors (Lipinski definition) is 1. The number of pyridine rings is 1. The number of aromatic nitrogens is 1. The molecule has 1 aliphatic heterocycles. The van der Waals surface area contributed by atoms with Crippen LogP contribution in [-0.4, -0.2) is 30.9 Å². The second-order valence-corrected chi connectivity index (χ2v) is 7.78. The summed E-state index contributed by atoms with van der Waals surface area (Å²) >= 11 is 6.14. The van der Waals surface area contributed by atoms with Crippen molar-refractivity contribution in [3.05, 3.63) is 35.5 Å². The van der Waals surface area contributed by atoms with E-state index in [2.05, 4.69) is 10.3 Å². The second-order valence-electron chi connectivity index (χ2n) is 5.06. The first kappa shape index (κ1) is 13.6. The highest BCUT2D eigenvalue weighted by molar-refractivity contribution is 7.91. The van der Waals surface area contributed by atoms with Crippen molar-refractivity contribution < 1.29 is 8.42 Å². The smallest absolute Gasteiger partial charge is 0.150 e. The Labute approximate surface area is 123 Å². The highest BCUT2D eigenvalue weighted by atomic mass is 35.5. The maximum Gasteiger partial charge on any atom is 0.150 e. The number of nitrogens with one attached hydrogen (secondary N) is 1. The molecule has 1 aromatic heterocycles. The molecule has 0 aliphatic carbocycles. The van der Waals surface area contributed by atoms with Crippen LogP contribution in [0.3, 0.4) is 0 Å². The van der Waals surface area contributed by atoms with Gasteiger partial charge >= 0.3 is 0 Å². The van der Waals surface area contributed by atoms with Gasteiger partial charge in [-0.05, 0) is 37.1 Å². The molecule has 1 aliphatic rings. The van der Waals surface area contributed by atoms with E-state index in [4.69, 9.17) is 11.6 Å². The Kier molecular flexibility index (Phi) is 3.56. The summed E-state index contributed by atoms with van der Waals surface area (Å²) in [6.45, 7) is 0. The lowest BCUT2D eigenvalue weighted by Gasteiger charge is -2.24. The first-order chi connectivity index (χ1) is 9.55. The zero-order valence-corrected chi connectivity index (χ0v) is 12.4. The summed E-state index contributed by atoms with van der Waals surface area (Å²) in [4.78, 5) is 4.29. The standard InChI is InChI=1S/C14H15ClN2O2S/c15-12-3-4-13(11-2-1-7-16-14(11)12)17-10-5-8-20(18,19)9-6-10/h1-4,7,10,17H,5-6,8-9H2. The largest absolute Gasteiger partial charge is 0.382 e. The van der Waals surface area contributed by atoms with Crippen LogP contribution in [0.25, 0.3) is 10.9 Å². The van der Waals surface area contributed by atoms with Gasteiger partial charge in [0.15, 0.2) is 0 Å². The third kappa shape index (κ3) is 2.74. The molecule has 0 unspecified atom stereocenters. The van der Waals surface area contributed by atoms with Crippen molar-refractivity contribution in [2.75, 3.05) is 16.8 Å². The molecule has 0 amide bonds. The molecule has 20 heavy (non-hydrogen) atoms. The first-order valence-electron chi connectivity index (χ1n) is 6.55. The Morgan fingerprint density at radius 3 is 2.70 bits per heavy atom. The predicted molar refractivity (Wildman–Crippen MR) is 82.1 cm³/mol. The molecule has 106 valence electrons. The molecule has 2 heterocycles. The second kappa shape index (κ2) is 5.22. The monoisotopic (exact) mass is 310 g/mol. The molecule has 1 fully saturated rings. The predicted octanol–water partition coefficient (Wildman–Crippen LogP) is 2.88. The van der Waals surface area contributed by atoms with Crippen molar-refractivity contribution in [2.24, 2.45) is 0 Å². The van der Waals surface area contributed by atoms with E-state index in [0.29, 0.717) is 17.9 Å². The van der Waals surface area contributed by atoms with E-state index >= 15 is 0 Å². The molecule has 0 spiro atoms. The van der Waals surface area contributed by atoms with Crippen LogP contribution in [0.1, 0.15) is 12.8 Å². The summed E-state index contributed by atoms with van der Waals surface area (Å²) in [6.07, 6.45) is 3.00. The number of halogens is 1. The minimum absolute atomic E-state index is 0.183. The Morgan fingerprint density at radius 1 is 1.20 bits per heavy atom. The number of benzene rings is 1. The molecule has 0 bridgehead atoms. The van der Waals surface area contributed by atoms with E-state index in [1.54, 1.807) is 6.20 Å². The van der Waals surface area contributed by atoms with Crippen molar-refractivity contribution in [1.29, 1.82) is 0 Å². The number of rotatable bonds is 2. The minimum atomic E-state index is -2.83. The molecule has 6 heteroatoms. The van der Waals surface area contributed by atoms with Crippen LogP contribution in [0.4, 0.5) is 5.69 Å². The van der Waals surface area contributed by atoms with Crippen molar-refractivity contribution >= 4 is 38.0 Å². The fourth-order valence-corrected chi connectivity index (χ4v) is 4.22. The van der Waals surface area contributed by atoms with Crippen molar-refractivity contribution in [3.8, 4) is 0 Å². The van der Waals surface area contributed by atoms with Gasteiger partial charge in [0, 0.05) is 23.3 Å². The van der Waals surface area contributed by atoms with Crippen molar-refractivity contribution in [1.82, 2.24) is 4.98 Å². The van der Waals surface area contributed by atoms with Gasteiger partial charge in [0.05, 0.1) is 22.0 Å². The third-order valence-corrected chi connectivity index (χ3v) is 5.66. The van der Waals surface area contributed by atoms with Gasteiger partial charge in [-0.1, -0.05) is 11.6 Å². The SMILES string of the molecule is O=S1(=O)CCC(Nc2ccc(Cl)c3ncccc23)CC1. The van der Waals surface area contributed by atoms with Crippen LogP contribution in [0.15, 0.2) is 30.5 Å². The molecule has 0 radical (unpaired) electrons. The van der Waals surface area contributed by atoms with Crippen molar-refractivity contribution in [2.45, 2.75) is 18.9 Å². The van der Waals surface area contributed by atoms with Crippen LogP contribution in [-0.2, 0) is 9.84 Å². The van der Waals surface area contributed by atoms with Crippen LogP contribution in [0.5, 0.6) is 0 Å². The Morgan fingerprint density at radius 2 is 1.95 bits per heavy atom. The molecule has 2 aromatic rings. The molecule has 4 nitrogen and oxygen atoms in total. The minimum Gasteiger partial charge on any atom is -0.382 e. The van der Waals surface area contributed by atoms with Gasteiger partial charge in [-0.25, -0.2) is 8.42 Å². The van der Waals surface area contributed by atoms with Gasteiger partial charge in [-0.3, -0.25) is 4.98 Å². The zero-order valence-electron chi connectivity index (χ0n) is 10.8. The summed E-state index contributed by atoms with van der Waals surface area (Å²) in [6, 6.07) is 7.77. The summed E-state index contributed by atoms with van der Waals surface area (Å²) in [7, 11) is -2.83. The maximum absolute atomic E-state index is 11.5. The van der Waals surface area contributed by atoms with E-state index in [-0.39, 0.29) is 17.5 Å². The Bertz CT molecular complexity index is 732. The van der Waals surface area contributed by atoms with Crippen molar-refractivity contribution in [3.63, 3.8) is 0 Å². The summed E-state index contributed by atoms with van der Waals surface area (Å²) in [5, 5.41) is 5.01. The quantitative estimate of drug-likeness (QED) is 0.926. The topological polar surface area (TPSA) is 59.1 Å². The molecular formula is C14H15ClN2O2S. The highest BCUT2D eigenvalue weighted by Gasteiger charge is 2.23. The van der Waals surface area contributed by atoms with Crippen LogP contribution in [0, 0.1) is 0 Å². The molecular weight excluding hydrogens is 296 g/mol. The summed E-state index contributed by atoms with van der Waals surface area (Å²) < 4.78 is 22.9. The molecule has 1 N–H and O–H groups in total. The number of fused-ring (bicyclic) bond motifs is 1. The van der Waals surface area contributed by atoms with E-state index in [0.717, 1.165) is 16.6 Å². The number of sulfone groups is 1. The average Bonchev–Trinajstić information content (AvgIpc) is 2.44. The lowest BCUT2D eigenvalue weighted by molar-refractivity contribution is 0.560. The lowest BCUT2D eigenvalue weighted by Crippen LogP contribution is -2.32. The van der Waals surface area contributed by atoms with Gasteiger partial charge in [0.25, 0.3) is 0 Å². The molecule has 0 atom stereocenters. The van der Waals surface area contributed by atoms with Gasteiger partial charge in [0.2, 0.25) is 0 Å². The fourth-order valence-electron chi connectivity index (χ4n) is 2.52. The summed E-state index contributed by atoms with van der Waals surface area (Å²) in [5.41, 5.74) is 1.73. The molecule has 1 saturated heterocycles. The normalized spacial score (nSPS) is 19.1. The van der Waals surface area contributed by atoms with E-state index in [1.165, 1.54) is 0 Å². The fraction of sp³-hybridized carbons (Fsp3) is 0.357. The van der Waals surface area contributed by atoms with Gasteiger partial charge in [-0.15, -0.1) is 0 Å². The Balaban J connectivity index is 1.87. The number of nitrogens with zero attached hydrogens (tertiary/aromatic N) is 1. The molecule has 0 saturated carbocycles. The van der Waals surface area contributed by atoms with E-state index in [9.17, 15) is 8.42 Å². The maximum atomic E-state index is 11.5. The zero-order chi connectivity index (χ0) is 14.2. The number of anilines is 1. The van der Waals surface area contributed by atoms with Gasteiger partial charge in [-0.2, -0.15) is 0 Å². The third-order valence-electron chi connectivity index (χ3n) is 3.63. The van der Waals surface area contributed by atoms with Gasteiger partial charge in [0.1, 0.15) is 9.84 Å². The molecule has 3 rings (SSSR count). The van der Waals surface area contributed by atoms with Crippen LogP contribution >= 0.6 is 11.6 Å². The van der Waals surface area contributed by atoms with E-state index in [1.807, 2.05) is 24.3 Å². The van der Waals surface area contributed by atoms with Gasteiger partial charge < -0.3 is 5.32 Å². The van der Waals surface area contributed by atoms with Crippen LogP contribution in [0.2, 0.25) is 5.02 Å². The first-order valence-corrected chi connectivity index (χ1v) is 8.75. The lowest BCUT2D eigenvalue weighted by atomic mass is 10.1. The molecule has 1 aromatic carbocycles. The Hall–Kier alpha value is -1.33. The highest BCUT2D eigenvalue weighted by Crippen LogP contribution is 2.29. The number of hydrogen-bond acceptors (Lipinski definition) is 4.